The van der Waals surface area contributed by atoms with Crippen LogP contribution in [0.1, 0.15) is 5.56 Å². The van der Waals surface area contributed by atoms with Crippen LogP contribution in [0, 0.1) is 0 Å². The molecule has 0 aliphatic carbocycles. The average Bonchev–Trinajstić information content (AvgIpc) is 2.98. The third-order valence-corrected chi connectivity index (χ3v) is 4.01. The minimum Gasteiger partial charge on any atom is -0.497 e. The van der Waals surface area contributed by atoms with Gasteiger partial charge in [-0.3, -0.25) is 0 Å². The smallest absolute Gasteiger partial charge is 0.229 e. The van der Waals surface area contributed by atoms with Gasteiger partial charge in [0.2, 0.25) is 5.71 Å². The molecule has 0 fully saturated rings. The van der Waals surface area contributed by atoms with Crippen molar-refractivity contribution >= 4 is 33.4 Å². The first-order chi connectivity index (χ1) is 11.7. The summed E-state index contributed by atoms with van der Waals surface area (Å²) in [7, 11) is 1.67. The summed E-state index contributed by atoms with van der Waals surface area (Å²) in [4.78, 5) is 4.32. The minimum absolute atomic E-state index is 0.603. The van der Waals surface area contributed by atoms with E-state index in [9.17, 15) is 0 Å². The van der Waals surface area contributed by atoms with E-state index >= 15 is 0 Å². The van der Waals surface area contributed by atoms with Crippen LogP contribution in [-0.4, -0.2) is 12.1 Å². The number of furan rings is 1. The fourth-order valence-corrected chi connectivity index (χ4v) is 2.84. The molecule has 0 radical (unpaired) electrons. The standard InChI is InChI=1S/C19H17N3O2/c1-23-14-4-2-3-12(9-14)11-22-16-7-8-21-19-18(16)15-10-13(20)5-6-17(15)24-19/h2-10H,11,20H2,1H3,(H,21,22). The Labute approximate surface area is 139 Å². The molecule has 4 aromatic rings. The number of fused-ring (bicyclic) bond motifs is 3. The van der Waals surface area contributed by atoms with E-state index in [0.717, 1.165) is 33.4 Å². The number of hydrogen-bond acceptors (Lipinski definition) is 5. The first-order valence-corrected chi connectivity index (χ1v) is 7.68. The number of nitrogen functional groups attached to an aromatic ring is 1. The normalized spacial score (nSPS) is 11.0. The maximum absolute atomic E-state index is 5.92. The lowest BCUT2D eigenvalue weighted by Crippen LogP contribution is -2.00. The Balaban J connectivity index is 1.73. The summed E-state index contributed by atoms with van der Waals surface area (Å²) in [5, 5.41) is 5.37. The number of hydrogen-bond donors (Lipinski definition) is 2. The Morgan fingerprint density at radius 3 is 2.96 bits per heavy atom. The fourth-order valence-electron chi connectivity index (χ4n) is 2.84. The van der Waals surface area contributed by atoms with Gasteiger partial charge in [-0.15, -0.1) is 0 Å². The number of nitrogens with two attached hydrogens (primary N) is 1. The molecule has 5 nitrogen and oxygen atoms in total. The number of methoxy groups -OCH3 is 1. The van der Waals surface area contributed by atoms with Crippen molar-refractivity contribution in [2.75, 3.05) is 18.2 Å². The average molecular weight is 319 g/mol. The first kappa shape index (κ1) is 14.4. The number of pyridine rings is 1. The van der Waals surface area contributed by atoms with Crippen molar-refractivity contribution in [2.24, 2.45) is 0 Å². The molecule has 0 bridgehead atoms. The van der Waals surface area contributed by atoms with Gasteiger partial charge < -0.3 is 20.2 Å². The van der Waals surface area contributed by atoms with Crippen LogP contribution in [0.2, 0.25) is 0 Å². The number of anilines is 2. The predicted molar refractivity (Wildman–Crippen MR) is 96.2 cm³/mol. The van der Waals surface area contributed by atoms with Gasteiger partial charge in [-0.05, 0) is 42.0 Å². The van der Waals surface area contributed by atoms with Crippen molar-refractivity contribution in [3.8, 4) is 5.75 Å². The second-order valence-electron chi connectivity index (χ2n) is 5.60. The Bertz CT molecular complexity index is 1020. The molecule has 4 rings (SSSR count). The minimum atomic E-state index is 0.603. The maximum Gasteiger partial charge on any atom is 0.229 e. The van der Waals surface area contributed by atoms with Gasteiger partial charge in [0, 0.05) is 29.5 Å². The molecule has 3 N–H and O–H groups in total. The van der Waals surface area contributed by atoms with E-state index in [2.05, 4.69) is 16.4 Å². The number of nitrogens with zero attached hydrogens (tertiary/aromatic N) is 1. The van der Waals surface area contributed by atoms with Crippen LogP contribution < -0.4 is 15.8 Å². The molecule has 0 aliphatic rings. The van der Waals surface area contributed by atoms with Gasteiger partial charge >= 0.3 is 0 Å². The molecular formula is C19H17N3O2. The number of aromatic nitrogens is 1. The largest absolute Gasteiger partial charge is 0.497 e. The Kier molecular flexibility index (Phi) is 3.46. The van der Waals surface area contributed by atoms with Crippen LogP contribution >= 0.6 is 0 Å². The van der Waals surface area contributed by atoms with Crippen molar-refractivity contribution in [1.29, 1.82) is 0 Å². The molecule has 0 atom stereocenters. The zero-order chi connectivity index (χ0) is 16.5. The van der Waals surface area contributed by atoms with Gasteiger partial charge in [0.05, 0.1) is 12.5 Å². The van der Waals surface area contributed by atoms with E-state index in [1.54, 1.807) is 13.3 Å². The Morgan fingerprint density at radius 1 is 1.17 bits per heavy atom. The molecule has 2 aromatic heterocycles. The van der Waals surface area contributed by atoms with Crippen molar-refractivity contribution in [2.45, 2.75) is 6.54 Å². The summed E-state index contributed by atoms with van der Waals surface area (Å²) in [5.74, 6) is 0.843. The molecule has 2 heterocycles. The van der Waals surface area contributed by atoms with Crippen molar-refractivity contribution in [3.05, 3.63) is 60.3 Å². The third-order valence-electron chi connectivity index (χ3n) is 4.01. The van der Waals surface area contributed by atoms with Crippen molar-refractivity contribution < 1.29 is 9.15 Å². The van der Waals surface area contributed by atoms with Crippen LogP contribution in [0.3, 0.4) is 0 Å². The first-order valence-electron chi connectivity index (χ1n) is 7.68. The van der Waals surface area contributed by atoms with E-state index in [4.69, 9.17) is 14.9 Å². The molecular weight excluding hydrogens is 302 g/mol. The molecule has 0 saturated carbocycles. The van der Waals surface area contributed by atoms with Crippen LogP contribution in [0.15, 0.2) is 59.1 Å². The van der Waals surface area contributed by atoms with Gasteiger partial charge in [0.1, 0.15) is 11.3 Å². The zero-order valence-corrected chi connectivity index (χ0v) is 13.2. The van der Waals surface area contributed by atoms with E-state index in [-0.39, 0.29) is 0 Å². The molecule has 0 amide bonds. The highest BCUT2D eigenvalue weighted by atomic mass is 16.5. The van der Waals surface area contributed by atoms with E-state index in [1.165, 1.54) is 0 Å². The van der Waals surface area contributed by atoms with E-state index in [0.29, 0.717) is 17.9 Å². The van der Waals surface area contributed by atoms with Gasteiger partial charge in [-0.1, -0.05) is 12.1 Å². The molecule has 0 unspecified atom stereocenters. The molecule has 0 saturated heterocycles. The lowest BCUT2D eigenvalue weighted by Gasteiger charge is -2.09. The highest BCUT2D eigenvalue weighted by Gasteiger charge is 2.12. The molecule has 0 spiro atoms. The molecule has 24 heavy (non-hydrogen) atoms. The van der Waals surface area contributed by atoms with Gasteiger partial charge in [0.25, 0.3) is 0 Å². The van der Waals surface area contributed by atoms with Crippen molar-refractivity contribution in [3.63, 3.8) is 0 Å². The van der Waals surface area contributed by atoms with E-state index in [1.807, 2.05) is 42.5 Å². The highest BCUT2D eigenvalue weighted by Crippen LogP contribution is 2.34. The van der Waals surface area contributed by atoms with Crippen LogP contribution in [-0.2, 0) is 6.54 Å². The number of rotatable bonds is 4. The van der Waals surface area contributed by atoms with Crippen molar-refractivity contribution in [1.82, 2.24) is 4.98 Å². The quantitative estimate of drug-likeness (QED) is 0.552. The number of benzene rings is 2. The van der Waals surface area contributed by atoms with Crippen LogP contribution in [0.5, 0.6) is 5.75 Å². The Morgan fingerprint density at radius 2 is 2.08 bits per heavy atom. The van der Waals surface area contributed by atoms with Crippen LogP contribution in [0.25, 0.3) is 22.1 Å². The second-order valence-corrected chi connectivity index (χ2v) is 5.60. The number of ether oxygens (including phenoxy) is 1. The lowest BCUT2D eigenvalue weighted by atomic mass is 10.1. The summed E-state index contributed by atoms with van der Waals surface area (Å²) in [6.45, 7) is 0.672. The lowest BCUT2D eigenvalue weighted by molar-refractivity contribution is 0.414. The van der Waals surface area contributed by atoms with Gasteiger partial charge in [0.15, 0.2) is 0 Å². The zero-order valence-electron chi connectivity index (χ0n) is 13.2. The monoisotopic (exact) mass is 319 g/mol. The summed E-state index contributed by atoms with van der Waals surface area (Å²) in [6, 6.07) is 15.5. The summed E-state index contributed by atoms with van der Waals surface area (Å²) >= 11 is 0. The molecule has 120 valence electrons. The van der Waals surface area contributed by atoms with Gasteiger partial charge in [-0.2, -0.15) is 0 Å². The fraction of sp³-hybridized carbons (Fsp3) is 0.105. The molecule has 0 aliphatic heterocycles. The Hall–Kier alpha value is -3.21. The summed E-state index contributed by atoms with van der Waals surface area (Å²) in [5.41, 5.74) is 10.1. The SMILES string of the molecule is COc1cccc(CNc2ccnc3oc4ccc(N)cc4c23)c1. The maximum atomic E-state index is 5.92. The van der Waals surface area contributed by atoms with Crippen LogP contribution in [0.4, 0.5) is 11.4 Å². The number of nitrogens with one attached hydrogen (secondary N) is 1. The van der Waals surface area contributed by atoms with Gasteiger partial charge in [-0.25, -0.2) is 4.98 Å². The highest BCUT2D eigenvalue weighted by molar-refractivity contribution is 6.10. The third kappa shape index (κ3) is 2.50. The summed E-state index contributed by atoms with van der Waals surface area (Å²) in [6.07, 6.45) is 1.74. The van der Waals surface area contributed by atoms with E-state index < -0.39 is 0 Å². The summed E-state index contributed by atoms with van der Waals surface area (Å²) < 4.78 is 11.1. The topological polar surface area (TPSA) is 73.3 Å². The molecule has 5 heteroatoms. The molecule has 2 aromatic carbocycles. The predicted octanol–water partition coefficient (Wildman–Crippen LogP) is 4.18. The second kappa shape index (κ2) is 5.77.